The molecule has 0 bridgehead atoms. The van der Waals surface area contributed by atoms with E-state index in [1.807, 2.05) is 0 Å². The minimum atomic E-state index is -0.693. The van der Waals surface area contributed by atoms with Crippen LogP contribution < -0.4 is 17.0 Å². The zero-order chi connectivity index (χ0) is 13.1. The van der Waals surface area contributed by atoms with Gasteiger partial charge in [-0.05, 0) is 12.1 Å². The van der Waals surface area contributed by atoms with Crippen molar-refractivity contribution in [2.45, 2.75) is 6.04 Å². The lowest BCUT2D eigenvalue weighted by molar-refractivity contribution is 0.541. The van der Waals surface area contributed by atoms with Crippen LogP contribution in [0.3, 0.4) is 0 Å². The molecule has 1 aromatic heterocycles. The molecule has 0 aliphatic heterocycles. The van der Waals surface area contributed by atoms with Gasteiger partial charge in [0, 0.05) is 35.3 Å². The number of pyridine rings is 1. The van der Waals surface area contributed by atoms with Crippen LogP contribution >= 0.6 is 0 Å². The number of nitrogens with two attached hydrogens (primary N) is 2. The molecule has 18 heavy (non-hydrogen) atoms. The van der Waals surface area contributed by atoms with Gasteiger partial charge in [0.2, 0.25) is 0 Å². The van der Waals surface area contributed by atoms with Crippen molar-refractivity contribution in [1.29, 1.82) is 0 Å². The van der Waals surface area contributed by atoms with Gasteiger partial charge in [-0.2, -0.15) is 0 Å². The molecule has 0 amide bonds. The highest BCUT2D eigenvalue weighted by Crippen LogP contribution is 2.27. The van der Waals surface area contributed by atoms with Crippen LogP contribution in [0.25, 0.3) is 0 Å². The third-order valence-electron chi connectivity index (χ3n) is 2.64. The first-order valence-electron chi connectivity index (χ1n) is 5.24. The van der Waals surface area contributed by atoms with Crippen molar-refractivity contribution in [2.24, 2.45) is 5.84 Å². The number of hydrogen-bond donors (Lipinski definition) is 3. The first-order chi connectivity index (χ1) is 8.63. The zero-order valence-corrected chi connectivity index (χ0v) is 9.40. The molecule has 2 aromatic rings. The van der Waals surface area contributed by atoms with Crippen LogP contribution in [-0.4, -0.2) is 4.98 Å². The number of hydrogen-bond acceptors (Lipinski definition) is 4. The zero-order valence-electron chi connectivity index (χ0n) is 9.40. The second kappa shape index (κ2) is 5.07. The number of nitrogens with zero attached hydrogens (tertiary/aromatic N) is 1. The maximum atomic E-state index is 13.7. The number of nitrogens with one attached hydrogen (secondary N) is 1. The van der Waals surface area contributed by atoms with Crippen LogP contribution in [0.15, 0.2) is 36.7 Å². The smallest absolute Gasteiger partial charge is 0.131 e. The Morgan fingerprint density at radius 2 is 1.94 bits per heavy atom. The van der Waals surface area contributed by atoms with E-state index in [0.717, 1.165) is 12.1 Å². The standard InChI is InChI=1S/C12H12F2N4/c13-7-1-2-8(10(14)5-7)12(18-16)9-6-17-4-3-11(9)15/h1-6,12,18H,16H2,(H2,15,17). The second-order valence-electron chi connectivity index (χ2n) is 3.77. The van der Waals surface area contributed by atoms with Crippen molar-refractivity contribution in [1.82, 2.24) is 10.4 Å². The number of rotatable bonds is 3. The summed E-state index contributed by atoms with van der Waals surface area (Å²) in [6, 6.07) is 4.18. The Morgan fingerprint density at radius 1 is 1.17 bits per heavy atom. The van der Waals surface area contributed by atoms with Crippen LogP contribution in [-0.2, 0) is 0 Å². The lowest BCUT2D eigenvalue weighted by Crippen LogP contribution is -2.30. The van der Waals surface area contributed by atoms with Gasteiger partial charge >= 0.3 is 0 Å². The average Bonchev–Trinajstić information content (AvgIpc) is 2.34. The summed E-state index contributed by atoms with van der Waals surface area (Å²) in [4.78, 5) is 3.92. The van der Waals surface area contributed by atoms with E-state index in [2.05, 4.69) is 10.4 Å². The van der Waals surface area contributed by atoms with Crippen molar-refractivity contribution in [3.05, 3.63) is 59.4 Å². The van der Waals surface area contributed by atoms with E-state index in [1.165, 1.54) is 18.5 Å². The Hall–Kier alpha value is -2.05. The van der Waals surface area contributed by atoms with Gasteiger partial charge < -0.3 is 5.73 Å². The van der Waals surface area contributed by atoms with Crippen molar-refractivity contribution in [3.8, 4) is 0 Å². The van der Waals surface area contributed by atoms with E-state index in [9.17, 15) is 8.78 Å². The summed E-state index contributed by atoms with van der Waals surface area (Å²) in [5, 5.41) is 0. The van der Waals surface area contributed by atoms with Crippen LogP contribution in [0.4, 0.5) is 14.5 Å². The van der Waals surface area contributed by atoms with E-state index in [0.29, 0.717) is 11.3 Å². The molecule has 0 spiro atoms. The summed E-state index contributed by atoms with van der Waals surface area (Å²) in [6.45, 7) is 0. The van der Waals surface area contributed by atoms with Gasteiger partial charge in [0.15, 0.2) is 0 Å². The van der Waals surface area contributed by atoms with Gasteiger partial charge in [0.05, 0.1) is 6.04 Å². The van der Waals surface area contributed by atoms with E-state index in [1.54, 1.807) is 6.07 Å². The Balaban J connectivity index is 2.49. The van der Waals surface area contributed by atoms with Gasteiger partial charge in [-0.25, -0.2) is 14.2 Å². The van der Waals surface area contributed by atoms with Crippen molar-refractivity contribution >= 4 is 5.69 Å². The number of aromatic nitrogens is 1. The number of anilines is 1. The molecule has 0 aliphatic carbocycles. The molecule has 4 nitrogen and oxygen atoms in total. The molecular formula is C12H12F2N4. The minimum absolute atomic E-state index is 0.207. The first kappa shape index (κ1) is 12.4. The summed E-state index contributed by atoms with van der Waals surface area (Å²) < 4.78 is 26.6. The lowest BCUT2D eigenvalue weighted by atomic mass is 9.99. The topological polar surface area (TPSA) is 77.0 Å². The first-order valence-corrected chi connectivity index (χ1v) is 5.24. The predicted octanol–water partition coefficient (Wildman–Crippen LogP) is 1.49. The fraction of sp³-hybridized carbons (Fsp3) is 0.0833. The minimum Gasteiger partial charge on any atom is -0.398 e. The molecule has 2 rings (SSSR count). The molecule has 1 heterocycles. The normalized spacial score (nSPS) is 12.4. The van der Waals surface area contributed by atoms with Gasteiger partial charge in [0.25, 0.3) is 0 Å². The Kier molecular flexibility index (Phi) is 3.50. The monoisotopic (exact) mass is 250 g/mol. The van der Waals surface area contributed by atoms with Crippen LogP contribution in [0.2, 0.25) is 0 Å². The number of benzene rings is 1. The Bertz CT molecular complexity index is 560. The predicted molar refractivity (Wildman–Crippen MR) is 64.2 cm³/mol. The molecule has 1 unspecified atom stereocenters. The largest absolute Gasteiger partial charge is 0.398 e. The number of hydrazine groups is 1. The third kappa shape index (κ3) is 2.29. The van der Waals surface area contributed by atoms with E-state index in [-0.39, 0.29) is 5.56 Å². The molecule has 0 saturated heterocycles. The lowest BCUT2D eigenvalue weighted by Gasteiger charge is -2.18. The number of nitrogen functional groups attached to an aromatic ring is 1. The Morgan fingerprint density at radius 3 is 2.56 bits per heavy atom. The molecule has 1 atom stereocenters. The van der Waals surface area contributed by atoms with Crippen LogP contribution in [0.5, 0.6) is 0 Å². The molecule has 0 radical (unpaired) electrons. The molecule has 1 aromatic carbocycles. The average molecular weight is 250 g/mol. The van der Waals surface area contributed by atoms with Crippen molar-refractivity contribution in [3.63, 3.8) is 0 Å². The van der Waals surface area contributed by atoms with Crippen LogP contribution in [0, 0.1) is 11.6 Å². The maximum Gasteiger partial charge on any atom is 0.131 e. The fourth-order valence-corrected chi connectivity index (χ4v) is 1.74. The van der Waals surface area contributed by atoms with Crippen molar-refractivity contribution in [2.75, 3.05) is 5.73 Å². The third-order valence-corrected chi connectivity index (χ3v) is 2.64. The molecule has 5 N–H and O–H groups in total. The summed E-state index contributed by atoms with van der Waals surface area (Å²) in [7, 11) is 0. The molecule has 0 aliphatic rings. The summed E-state index contributed by atoms with van der Waals surface area (Å²) >= 11 is 0. The van der Waals surface area contributed by atoms with E-state index < -0.39 is 17.7 Å². The SMILES string of the molecule is NNC(c1cnccc1N)c1ccc(F)cc1F. The molecule has 0 fully saturated rings. The number of halogens is 2. The summed E-state index contributed by atoms with van der Waals surface area (Å²) in [6.07, 6.45) is 3.01. The van der Waals surface area contributed by atoms with Gasteiger partial charge in [-0.1, -0.05) is 6.07 Å². The quantitative estimate of drug-likeness (QED) is 0.570. The highest BCUT2D eigenvalue weighted by atomic mass is 19.1. The fourth-order valence-electron chi connectivity index (χ4n) is 1.74. The highest BCUT2D eigenvalue weighted by molar-refractivity contribution is 5.49. The van der Waals surface area contributed by atoms with Gasteiger partial charge in [0.1, 0.15) is 11.6 Å². The molecule has 0 saturated carbocycles. The molecule has 6 heteroatoms. The summed E-state index contributed by atoms with van der Waals surface area (Å²) in [5.74, 6) is 4.08. The van der Waals surface area contributed by atoms with E-state index >= 15 is 0 Å². The Labute approximate surface area is 103 Å². The molecular weight excluding hydrogens is 238 g/mol. The second-order valence-corrected chi connectivity index (χ2v) is 3.77. The summed E-state index contributed by atoms with van der Waals surface area (Å²) in [5.41, 5.74) is 9.40. The van der Waals surface area contributed by atoms with Gasteiger partial charge in [-0.3, -0.25) is 10.8 Å². The van der Waals surface area contributed by atoms with Crippen LogP contribution in [0.1, 0.15) is 17.2 Å². The molecule has 94 valence electrons. The maximum absolute atomic E-state index is 13.7. The van der Waals surface area contributed by atoms with Crippen molar-refractivity contribution < 1.29 is 8.78 Å². The van der Waals surface area contributed by atoms with E-state index in [4.69, 9.17) is 11.6 Å². The highest BCUT2D eigenvalue weighted by Gasteiger charge is 2.19. The van der Waals surface area contributed by atoms with Gasteiger partial charge in [-0.15, -0.1) is 0 Å².